The van der Waals surface area contributed by atoms with Crippen LogP contribution < -0.4 is 0 Å². The summed E-state index contributed by atoms with van der Waals surface area (Å²) < 4.78 is 10.2. The number of H-pyrrole nitrogens is 1. The Balaban J connectivity index is 1.50. The zero-order chi connectivity index (χ0) is 16.9. The normalized spacial score (nSPS) is 20.0. The molecule has 0 spiro atoms. The molecule has 1 saturated carbocycles. The van der Waals surface area contributed by atoms with Crippen LogP contribution in [0.4, 0.5) is 4.79 Å². The molecule has 1 N–H and O–H groups in total. The summed E-state index contributed by atoms with van der Waals surface area (Å²) in [5.74, 6) is 0.0981. The number of esters is 1. The molecule has 1 amide bonds. The molecule has 3 rings (SSSR count). The summed E-state index contributed by atoms with van der Waals surface area (Å²) in [4.78, 5) is 25.3. The number of ether oxygens (including phenoxy) is 2. The minimum atomic E-state index is -0.384. The molecule has 0 unspecified atom stereocenters. The first kappa shape index (κ1) is 16.8. The molecular weight excluding hydrogens is 310 g/mol. The Bertz CT molecular complexity index is 572. The SMILES string of the molecule is COC(=O)N1CCC(OC(=O)c2cc(C3CCCCC3)[nH]n2)CC1. The largest absolute Gasteiger partial charge is 0.457 e. The Morgan fingerprint density at radius 3 is 2.54 bits per heavy atom. The van der Waals surface area contributed by atoms with E-state index in [2.05, 4.69) is 10.2 Å². The first-order valence-corrected chi connectivity index (χ1v) is 8.76. The number of likely N-dealkylation sites (tertiary alicyclic amines) is 1. The van der Waals surface area contributed by atoms with Gasteiger partial charge in [-0.1, -0.05) is 19.3 Å². The fourth-order valence-corrected chi connectivity index (χ4v) is 3.56. The van der Waals surface area contributed by atoms with Crippen LogP contribution in [0.3, 0.4) is 0 Å². The van der Waals surface area contributed by atoms with Gasteiger partial charge < -0.3 is 14.4 Å². The van der Waals surface area contributed by atoms with Gasteiger partial charge in [-0.05, 0) is 18.9 Å². The monoisotopic (exact) mass is 335 g/mol. The van der Waals surface area contributed by atoms with Crippen molar-refractivity contribution < 1.29 is 19.1 Å². The van der Waals surface area contributed by atoms with Gasteiger partial charge in [0.1, 0.15) is 6.10 Å². The van der Waals surface area contributed by atoms with E-state index in [4.69, 9.17) is 9.47 Å². The molecule has 1 aliphatic carbocycles. The van der Waals surface area contributed by atoms with Gasteiger partial charge in [0, 0.05) is 37.5 Å². The number of amides is 1. The summed E-state index contributed by atoms with van der Waals surface area (Å²) in [5, 5.41) is 7.13. The summed E-state index contributed by atoms with van der Waals surface area (Å²) in [6.45, 7) is 1.08. The molecule has 0 bridgehead atoms. The summed E-state index contributed by atoms with van der Waals surface area (Å²) in [5.41, 5.74) is 1.40. The van der Waals surface area contributed by atoms with Gasteiger partial charge in [0.15, 0.2) is 5.69 Å². The van der Waals surface area contributed by atoms with E-state index in [1.54, 1.807) is 4.90 Å². The van der Waals surface area contributed by atoms with Crippen molar-refractivity contribution >= 4 is 12.1 Å². The van der Waals surface area contributed by atoms with Gasteiger partial charge in [0.05, 0.1) is 7.11 Å². The third-order valence-corrected chi connectivity index (χ3v) is 5.00. The number of nitrogens with zero attached hydrogens (tertiary/aromatic N) is 2. The van der Waals surface area contributed by atoms with Crippen LogP contribution in [0.15, 0.2) is 6.07 Å². The third-order valence-electron chi connectivity index (χ3n) is 5.00. The number of methoxy groups -OCH3 is 1. The number of rotatable bonds is 3. The van der Waals surface area contributed by atoms with E-state index >= 15 is 0 Å². The zero-order valence-corrected chi connectivity index (χ0v) is 14.1. The number of nitrogens with one attached hydrogen (secondary N) is 1. The van der Waals surface area contributed by atoms with E-state index in [-0.39, 0.29) is 18.2 Å². The minimum absolute atomic E-state index is 0.173. The maximum absolute atomic E-state index is 12.3. The van der Waals surface area contributed by atoms with Crippen LogP contribution in [0, 0.1) is 0 Å². The molecule has 0 aromatic carbocycles. The number of carbonyl (C=O) groups is 2. The molecule has 1 aromatic rings. The van der Waals surface area contributed by atoms with E-state index in [0.717, 1.165) is 18.5 Å². The van der Waals surface area contributed by atoms with E-state index in [1.165, 1.54) is 26.4 Å². The molecule has 1 aromatic heterocycles. The van der Waals surface area contributed by atoms with E-state index < -0.39 is 0 Å². The van der Waals surface area contributed by atoms with Gasteiger partial charge in [-0.3, -0.25) is 5.10 Å². The van der Waals surface area contributed by atoms with Gasteiger partial charge >= 0.3 is 12.1 Å². The third kappa shape index (κ3) is 3.88. The summed E-state index contributed by atoms with van der Waals surface area (Å²) in [7, 11) is 1.37. The summed E-state index contributed by atoms with van der Waals surface area (Å²) in [6, 6.07) is 1.84. The number of aromatic nitrogens is 2. The standard InChI is InChI=1S/C17H25N3O4/c1-23-17(22)20-9-7-13(8-10-20)24-16(21)15-11-14(18-19-15)12-5-3-2-4-6-12/h11-13H,2-10H2,1H3,(H,18,19). The first-order valence-electron chi connectivity index (χ1n) is 8.76. The Morgan fingerprint density at radius 2 is 1.88 bits per heavy atom. The van der Waals surface area contributed by atoms with Crippen molar-refractivity contribution in [2.75, 3.05) is 20.2 Å². The molecular formula is C17H25N3O4. The highest BCUT2D eigenvalue weighted by atomic mass is 16.5. The maximum atomic E-state index is 12.3. The molecule has 1 saturated heterocycles. The average Bonchev–Trinajstić information content (AvgIpc) is 3.13. The van der Waals surface area contributed by atoms with Gasteiger partial charge in [-0.25, -0.2) is 9.59 Å². The second-order valence-electron chi connectivity index (χ2n) is 6.61. The fourth-order valence-electron chi connectivity index (χ4n) is 3.56. The van der Waals surface area contributed by atoms with Crippen molar-refractivity contribution in [2.24, 2.45) is 0 Å². The van der Waals surface area contributed by atoms with Crippen LogP contribution in [-0.4, -0.2) is 53.5 Å². The Labute approximate surface area is 141 Å². The van der Waals surface area contributed by atoms with Crippen molar-refractivity contribution in [3.05, 3.63) is 17.5 Å². The number of hydrogen-bond acceptors (Lipinski definition) is 5. The molecule has 7 nitrogen and oxygen atoms in total. The smallest absolute Gasteiger partial charge is 0.409 e. The Kier molecular flexibility index (Phi) is 5.37. The average molecular weight is 335 g/mol. The Hall–Kier alpha value is -2.05. The second kappa shape index (κ2) is 7.68. The van der Waals surface area contributed by atoms with Gasteiger partial charge in [-0.2, -0.15) is 5.10 Å². The first-order chi connectivity index (χ1) is 11.7. The van der Waals surface area contributed by atoms with Crippen molar-refractivity contribution in [1.29, 1.82) is 0 Å². The lowest BCUT2D eigenvalue weighted by Crippen LogP contribution is -2.41. The van der Waals surface area contributed by atoms with Gasteiger partial charge in [-0.15, -0.1) is 0 Å². The number of carbonyl (C=O) groups excluding carboxylic acids is 2. The van der Waals surface area contributed by atoms with Crippen LogP contribution in [0.25, 0.3) is 0 Å². The maximum Gasteiger partial charge on any atom is 0.409 e. The molecule has 2 heterocycles. The topological polar surface area (TPSA) is 84.5 Å². The predicted octanol–water partition coefficient (Wildman–Crippen LogP) is 2.85. The fraction of sp³-hybridized carbons (Fsp3) is 0.706. The van der Waals surface area contributed by atoms with Crippen LogP contribution in [-0.2, 0) is 9.47 Å². The predicted molar refractivity (Wildman–Crippen MR) is 86.8 cm³/mol. The van der Waals surface area contributed by atoms with E-state index in [9.17, 15) is 9.59 Å². The van der Waals surface area contributed by atoms with Crippen LogP contribution in [0.2, 0.25) is 0 Å². The lowest BCUT2D eigenvalue weighted by molar-refractivity contribution is 0.0112. The second-order valence-corrected chi connectivity index (χ2v) is 6.61. The highest BCUT2D eigenvalue weighted by Gasteiger charge is 2.27. The molecule has 24 heavy (non-hydrogen) atoms. The van der Waals surface area contributed by atoms with Crippen LogP contribution in [0.5, 0.6) is 0 Å². The van der Waals surface area contributed by atoms with E-state index in [0.29, 0.717) is 37.5 Å². The molecule has 132 valence electrons. The van der Waals surface area contributed by atoms with E-state index in [1.807, 2.05) is 6.07 Å². The number of hydrogen-bond donors (Lipinski definition) is 1. The molecule has 2 aliphatic rings. The van der Waals surface area contributed by atoms with Crippen LogP contribution >= 0.6 is 0 Å². The lowest BCUT2D eigenvalue weighted by Gasteiger charge is -2.30. The number of piperidine rings is 1. The number of aromatic amines is 1. The Morgan fingerprint density at radius 1 is 1.17 bits per heavy atom. The highest BCUT2D eigenvalue weighted by molar-refractivity contribution is 5.87. The van der Waals surface area contributed by atoms with Crippen LogP contribution in [0.1, 0.15) is 67.0 Å². The molecule has 2 fully saturated rings. The minimum Gasteiger partial charge on any atom is -0.457 e. The molecule has 0 radical (unpaired) electrons. The van der Waals surface area contributed by atoms with Gasteiger partial charge in [0.2, 0.25) is 0 Å². The quantitative estimate of drug-likeness (QED) is 0.859. The molecule has 7 heteroatoms. The lowest BCUT2D eigenvalue weighted by atomic mass is 9.87. The highest BCUT2D eigenvalue weighted by Crippen LogP contribution is 2.31. The summed E-state index contributed by atoms with van der Waals surface area (Å²) >= 11 is 0. The molecule has 0 atom stereocenters. The van der Waals surface area contributed by atoms with Gasteiger partial charge in [0.25, 0.3) is 0 Å². The van der Waals surface area contributed by atoms with Crippen molar-refractivity contribution in [3.8, 4) is 0 Å². The zero-order valence-electron chi connectivity index (χ0n) is 14.1. The summed E-state index contributed by atoms with van der Waals surface area (Å²) in [6.07, 6.45) is 6.83. The van der Waals surface area contributed by atoms with Crippen molar-refractivity contribution in [2.45, 2.75) is 57.0 Å². The van der Waals surface area contributed by atoms with Crippen molar-refractivity contribution in [1.82, 2.24) is 15.1 Å². The van der Waals surface area contributed by atoms with Crippen molar-refractivity contribution in [3.63, 3.8) is 0 Å². The molecule has 1 aliphatic heterocycles.